The molecule has 0 aliphatic rings. The highest BCUT2D eigenvalue weighted by molar-refractivity contribution is 7.16. The molecule has 0 aromatic carbocycles. The van der Waals surface area contributed by atoms with E-state index in [9.17, 15) is 0 Å². The molecule has 0 spiro atoms. The third-order valence-electron chi connectivity index (χ3n) is 1.14. The van der Waals surface area contributed by atoms with Gasteiger partial charge in [0, 0.05) is 0 Å². The fourth-order valence-electron chi connectivity index (χ4n) is 0.692. The molecule has 0 saturated heterocycles. The lowest BCUT2D eigenvalue weighted by atomic mass is 10.4. The number of aromatic nitrogens is 3. The third kappa shape index (κ3) is 0.767. The number of halogens is 1. The van der Waals surface area contributed by atoms with E-state index in [1.54, 1.807) is 0 Å². The Bertz CT molecular complexity index is 358. The van der Waals surface area contributed by atoms with Crippen molar-refractivity contribution in [1.29, 1.82) is 0 Å². The van der Waals surface area contributed by atoms with Crippen LogP contribution in [0.5, 0.6) is 0 Å². The summed E-state index contributed by atoms with van der Waals surface area (Å²) in [6.45, 7) is 0. The number of hydrogen-bond acceptors (Lipinski definition) is 4. The molecule has 2 aromatic heterocycles. The first-order chi connectivity index (χ1) is 4.88. The van der Waals surface area contributed by atoms with Gasteiger partial charge in [0.05, 0.1) is 5.39 Å². The molecule has 0 N–H and O–H groups in total. The Morgan fingerprint density at radius 2 is 2.30 bits per heavy atom. The molecule has 0 fully saturated rings. The molecule has 3 nitrogen and oxygen atoms in total. The lowest BCUT2D eigenvalue weighted by Crippen LogP contribution is -1.84. The Morgan fingerprint density at radius 1 is 1.40 bits per heavy atom. The number of rotatable bonds is 0. The Balaban J connectivity index is 2.95. The monoisotopic (exact) mass is 171 g/mol. The van der Waals surface area contributed by atoms with Crippen molar-refractivity contribution in [1.82, 2.24) is 15.4 Å². The van der Waals surface area contributed by atoms with Gasteiger partial charge in [0.2, 0.25) is 0 Å². The summed E-state index contributed by atoms with van der Waals surface area (Å²) in [5.41, 5.74) is 0. The van der Waals surface area contributed by atoms with Crippen molar-refractivity contribution in [3.8, 4) is 0 Å². The number of hydrogen-bond donors (Lipinski definition) is 0. The summed E-state index contributed by atoms with van der Waals surface area (Å²) in [6.07, 6.45) is 0. The number of nitrogens with zero attached hydrogens (tertiary/aromatic N) is 3. The smallest absolute Gasteiger partial charge is 0.122 e. The second-order valence-corrected chi connectivity index (χ2v) is 2.97. The van der Waals surface area contributed by atoms with E-state index in [4.69, 9.17) is 11.6 Å². The second kappa shape index (κ2) is 2.14. The van der Waals surface area contributed by atoms with Gasteiger partial charge in [-0.05, 0) is 16.7 Å². The minimum atomic E-state index is 0.422. The first kappa shape index (κ1) is 6.00. The molecule has 10 heavy (non-hydrogen) atoms. The number of thiophene rings is 1. The largest absolute Gasteiger partial charge is 0.163 e. The molecule has 50 valence electrons. The van der Waals surface area contributed by atoms with Crippen LogP contribution in [0.4, 0.5) is 0 Å². The fourth-order valence-corrected chi connectivity index (χ4v) is 1.64. The van der Waals surface area contributed by atoms with Crippen LogP contribution < -0.4 is 0 Å². The van der Waals surface area contributed by atoms with Crippen molar-refractivity contribution in [2.45, 2.75) is 0 Å². The molecule has 0 bridgehead atoms. The summed E-state index contributed by atoms with van der Waals surface area (Å²) in [4.78, 5) is 0.833. The zero-order valence-corrected chi connectivity index (χ0v) is 6.35. The third-order valence-corrected chi connectivity index (χ3v) is 2.21. The molecule has 0 aliphatic heterocycles. The van der Waals surface area contributed by atoms with E-state index < -0.39 is 0 Å². The van der Waals surface area contributed by atoms with E-state index in [-0.39, 0.29) is 0 Å². The highest BCUT2D eigenvalue weighted by Crippen LogP contribution is 2.22. The van der Waals surface area contributed by atoms with Crippen molar-refractivity contribution in [3.05, 3.63) is 16.6 Å². The van der Waals surface area contributed by atoms with Crippen LogP contribution in [0.15, 0.2) is 11.4 Å². The zero-order chi connectivity index (χ0) is 6.97. The van der Waals surface area contributed by atoms with Crippen LogP contribution in [0, 0.1) is 0 Å². The molecule has 0 radical (unpaired) electrons. The van der Waals surface area contributed by atoms with Crippen molar-refractivity contribution >= 4 is 33.2 Å². The first-order valence-electron chi connectivity index (χ1n) is 2.60. The SMILES string of the molecule is Clc1nnnc2sccc12. The molecule has 0 aliphatic carbocycles. The summed E-state index contributed by atoms with van der Waals surface area (Å²) < 4.78 is 0. The predicted molar refractivity (Wildman–Crippen MR) is 40.2 cm³/mol. The van der Waals surface area contributed by atoms with Crippen LogP contribution in [0.2, 0.25) is 5.15 Å². The minimum Gasteiger partial charge on any atom is -0.122 e. The van der Waals surface area contributed by atoms with Gasteiger partial charge in [0.25, 0.3) is 0 Å². The van der Waals surface area contributed by atoms with Gasteiger partial charge in [-0.2, -0.15) is 0 Å². The first-order valence-corrected chi connectivity index (χ1v) is 3.86. The van der Waals surface area contributed by atoms with Gasteiger partial charge in [-0.3, -0.25) is 0 Å². The van der Waals surface area contributed by atoms with E-state index in [1.165, 1.54) is 11.3 Å². The van der Waals surface area contributed by atoms with E-state index in [1.807, 2.05) is 11.4 Å². The van der Waals surface area contributed by atoms with Gasteiger partial charge < -0.3 is 0 Å². The molecule has 0 unspecified atom stereocenters. The molecule has 0 atom stereocenters. The number of fused-ring (bicyclic) bond motifs is 1. The summed E-state index contributed by atoms with van der Waals surface area (Å²) in [5.74, 6) is 0. The topological polar surface area (TPSA) is 38.7 Å². The van der Waals surface area contributed by atoms with Crippen LogP contribution in [0.1, 0.15) is 0 Å². The lowest BCUT2D eigenvalue weighted by Gasteiger charge is -1.85. The normalized spacial score (nSPS) is 10.5. The van der Waals surface area contributed by atoms with Crippen LogP contribution in [0.3, 0.4) is 0 Å². The average molecular weight is 172 g/mol. The Kier molecular flexibility index (Phi) is 1.28. The minimum absolute atomic E-state index is 0.422. The molecular formula is C5H2ClN3S. The lowest BCUT2D eigenvalue weighted by molar-refractivity contribution is 0.901. The molecular weight excluding hydrogens is 170 g/mol. The Labute approximate surface area is 65.7 Å². The van der Waals surface area contributed by atoms with Crippen molar-refractivity contribution in [2.75, 3.05) is 0 Å². The maximum absolute atomic E-state index is 5.69. The van der Waals surface area contributed by atoms with Gasteiger partial charge in [0.15, 0.2) is 9.98 Å². The van der Waals surface area contributed by atoms with Gasteiger partial charge >= 0.3 is 0 Å². The van der Waals surface area contributed by atoms with Crippen LogP contribution in [-0.4, -0.2) is 15.4 Å². The van der Waals surface area contributed by atoms with E-state index in [0.717, 1.165) is 10.2 Å². The highest BCUT2D eigenvalue weighted by Gasteiger charge is 2.00. The van der Waals surface area contributed by atoms with E-state index in [2.05, 4.69) is 15.4 Å². The zero-order valence-electron chi connectivity index (χ0n) is 4.78. The van der Waals surface area contributed by atoms with Crippen molar-refractivity contribution < 1.29 is 0 Å². The summed E-state index contributed by atoms with van der Waals surface area (Å²) in [7, 11) is 0. The van der Waals surface area contributed by atoms with Crippen molar-refractivity contribution in [2.24, 2.45) is 0 Å². The summed E-state index contributed by atoms with van der Waals surface area (Å²) in [6, 6.07) is 1.88. The average Bonchev–Trinajstić information content (AvgIpc) is 2.36. The summed E-state index contributed by atoms with van der Waals surface area (Å²) >= 11 is 7.19. The molecule has 0 amide bonds. The Hall–Kier alpha value is -0.740. The van der Waals surface area contributed by atoms with Crippen LogP contribution >= 0.6 is 22.9 Å². The molecule has 5 heteroatoms. The van der Waals surface area contributed by atoms with Crippen LogP contribution in [0.25, 0.3) is 10.2 Å². The maximum atomic E-state index is 5.69. The van der Waals surface area contributed by atoms with Gasteiger partial charge in [-0.25, -0.2) is 0 Å². The molecule has 0 saturated carbocycles. The van der Waals surface area contributed by atoms with Gasteiger partial charge in [-0.15, -0.1) is 21.5 Å². The Morgan fingerprint density at radius 3 is 3.10 bits per heavy atom. The molecule has 2 aromatic rings. The van der Waals surface area contributed by atoms with Crippen LogP contribution in [-0.2, 0) is 0 Å². The highest BCUT2D eigenvalue weighted by atomic mass is 35.5. The molecule has 2 rings (SSSR count). The maximum Gasteiger partial charge on any atom is 0.163 e. The van der Waals surface area contributed by atoms with Gasteiger partial charge in [-0.1, -0.05) is 11.6 Å². The quantitative estimate of drug-likeness (QED) is 0.606. The standard InChI is InChI=1S/C5H2ClN3S/c6-4-3-1-2-10-5(3)8-9-7-4/h1-2H. The second-order valence-electron chi connectivity index (χ2n) is 1.72. The summed E-state index contributed by atoms with van der Waals surface area (Å²) in [5, 5.41) is 14.0. The van der Waals surface area contributed by atoms with Crippen molar-refractivity contribution in [3.63, 3.8) is 0 Å². The van der Waals surface area contributed by atoms with E-state index >= 15 is 0 Å². The fraction of sp³-hybridized carbons (Fsp3) is 0. The van der Waals surface area contributed by atoms with Gasteiger partial charge in [0.1, 0.15) is 0 Å². The van der Waals surface area contributed by atoms with E-state index in [0.29, 0.717) is 5.15 Å². The molecule has 2 heterocycles. The predicted octanol–water partition coefficient (Wildman–Crippen LogP) is 1.74.